The highest BCUT2D eigenvalue weighted by Gasteiger charge is 2.13. The molecule has 0 atom stereocenters. The molecule has 0 unspecified atom stereocenters. The third-order valence-electron chi connectivity index (χ3n) is 2.93. The smallest absolute Gasteiger partial charge is 0.214 e. The van der Waals surface area contributed by atoms with Crippen LogP contribution in [0.25, 0.3) is 5.69 Å². The number of thioether (sulfide) groups is 1. The van der Waals surface area contributed by atoms with Crippen molar-refractivity contribution in [2.45, 2.75) is 5.16 Å². The van der Waals surface area contributed by atoms with Gasteiger partial charge in [-0.15, -0.1) is 5.10 Å². The van der Waals surface area contributed by atoms with Gasteiger partial charge in [-0.2, -0.15) is 4.68 Å². The Hall–Kier alpha value is -2.41. The average Bonchev–Trinajstić information content (AvgIpc) is 3.14. The summed E-state index contributed by atoms with van der Waals surface area (Å²) in [4.78, 5) is 12.1. The van der Waals surface area contributed by atoms with E-state index in [1.165, 1.54) is 11.8 Å². The predicted octanol–water partition coefficient (Wildman–Crippen LogP) is 1.98. The SMILES string of the molecule is Cn1ccc(C(=O)CSc2nnnn2-c2ccccc2)c1. The molecule has 2 heterocycles. The zero-order chi connectivity index (χ0) is 14.7. The van der Waals surface area contributed by atoms with Crippen LogP contribution in [-0.2, 0) is 7.05 Å². The van der Waals surface area contributed by atoms with E-state index in [9.17, 15) is 4.79 Å². The monoisotopic (exact) mass is 299 g/mol. The summed E-state index contributed by atoms with van der Waals surface area (Å²) in [6.45, 7) is 0. The van der Waals surface area contributed by atoms with E-state index in [0.29, 0.717) is 16.5 Å². The lowest BCUT2D eigenvalue weighted by atomic mass is 10.2. The second kappa shape index (κ2) is 5.92. The third kappa shape index (κ3) is 3.03. The van der Waals surface area contributed by atoms with Crippen LogP contribution in [0.5, 0.6) is 0 Å². The molecule has 0 aliphatic heterocycles. The van der Waals surface area contributed by atoms with Crippen molar-refractivity contribution in [3.8, 4) is 5.69 Å². The molecule has 1 aromatic carbocycles. The van der Waals surface area contributed by atoms with E-state index >= 15 is 0 Å². The average molecular weight is 299 g/mol. The van der Waals surface area contributed by atoms with Crippen molar-refractivity contribution in [3.63, 3.8) is 0 Å². The van der Waals surface area contributed by atoms with Crippen LogP contribution in [0.15, 0.2) is 53.9 Å². The first-order valence-corrected chi connectivity index (χ1v) is 7.34. The molecular formula is C14H13N5OS. The van der Waals surface area contributed by atoms with Gasteiger partial charge in [0.05, 0.1) is 11.4 Å². The molecule has 3 rings (SSSR count). The minimum atomic E-state index is 0.0585. The molecule has 2 aromatic heterocycles. The molecule has 0 aliphatic rings. The zero-order valence-electron chi connectivity index (χ0n) is 11.4. The fourth-order valence-corrected chi connectivity index (χ4v) is 2.67. The van der Waals surface area contributed by atoms with E-state index in [4.69, 9.17) is 0 Å². The molecule has 0 N–H and O–H groups in total. The van der Waals surface area contributed by atoms with Crippen LogP contribution in [0.2, 0.25) is 0 Å². The maximum absolute atomic E-state index is 12.1. The highest BCUT2D eigenvalue weighted by Crippen LogP contribution is 2.19. The maximum atomic E-state index is 12.1. The van der Waals surface area contributed by atoms with Gasteiger partial charge in [0.15, 0.2) is 5.78 Å². The fourth-order valence-electron chi connectivity index (χ4n) is 1.88. The summed E-state index contributed by atoms with van der Waals surface area (Å²) in [6, 6.07) is 11.4. The number of aryl methyl sites for hydroxylation is 1. The van der Waals surface area contributed by atoms with Crippen molar-refractivity contribution in [1.29, 1.82) is 0 Å². The van der Waals surface area contributed by atoms with Crippen molar-refractivity contribution in [1.82, 2.24) is 24.8 Å². The number of para-hydroxylation sites is 1. The van der Waals surface area contributed by atoms with Gasteiger partial charge in [0.25, 0.3) is 0 Å². The molecule has 3 aromatic rings. The Labute approximate surface area is 125 Å². The Balaban J connectivity index is 1.72. The zero-order valence-corrected chi connectivity index (χ0v) is 12.2. The number of carbonyl (C=O) groups excluding carboxylic acids is 1. The molecule has 0 saturated carbocycles. The standard InChI is InChI=1S/C14H13N5OS/c1-18-8-7-11(9-18)13(20)10-21-14-15-16-17-19(14)12-5-3-2-4-6-12/h2-9H,10H2,1H3. The summed E-state index contributed by atoms with van der Waals surface area (Å²) in [6.07, 6.45) is 3.66. The number of tetrazole rings is 1. The molecule has 0 fully saturated rings. The van der Waals surface area contributed by atoms with Gasteiger partial charge < -0.3 is 4.57 Å². The summed E-state index contributed by atoms with van der Waals surface area (Å²) < 4.78 is 3.48. The van der Waals surface area contributed by atoms with Crippen molar-refractivity contribution in [3.05, 3.63) is 54.4 Å². The second-order valence-electron chi connectivity index (χ2n) is 4.49. The van der Waals surface area contributed by atoms with Crippen LogP contribution in [-0.4, -0.2) is 36.3 Å². The highest BCUT2D eigenvalue weighted by atomic mass is 32.2. The minimum absolute atomic E-state index is 0.0585. The van der Waals surface area contributed by atoms with Gasteiger partial charge in [0.1, 0.15) is 0 Å². The molecule has 106 valence electrons. The molecule has 0 amide bonds. The van der Waals surface area contributed by atoms with Crippen molar-refractivity contribution < 1.29 is 4.79 Å². The van der Waals surface area contributed by atoms with Crippen LogP contribution >= 0.6 is 11.8 Å². The number of hydrogen-bond acceptors (Lipinski definition) is 5. The molecule has 0 aliphatic carbocycles. The second-order valence-corrected chi connectivity index (χ2v) is 5.43. The minimum Gasteiger partial charge on any atom is -0.357 e. The Bertz CT molecular complexity index is 750. The molecule has 0 radical (unpaired) electrons. The van der Waals surface area contributed by atoms with Gasteiger partial charge in [0.2, 0.25) is 5.16 Å². The van der Waals surface area contributed by atoms with E-state index in [1.54, 1.807) is 4.68 Å². The van der Waals surface area contributed by atoms with Crippen LogP contribution in [0.4, 0.5) is 0 Å². The number of carbonyl (C=O) groups is 1. The highest BCUT2D eigenvalue weighted by molar-refractivity contribution is 7.99. The number of Topliss-reactive ketones (excluding diaryl/α,β-unsaturated/α-hetero) is 1. The van der Waals surface area contributed by atoms with Crippen LogP contribution in [0, 0.1) is 0 Å². The number of nitrogens with zero attached hydrogens (tertiary/aromatic N) is 5. The molecule has 7 heteroatoms. The largest absolute Gasteiger partial charge is 0.357 e. The Kier molecular flexibility index (Phi) is 3.83. The van der Waals surface area contributed by atoms with Gasteiger partial charge in [-0.05, 0) is 28.6 Å². The molecule has 0 spiro atoms. The van der Waals surface area contributed by atoms with Gasteiger partial charge in [-0.1, -0.05) is 30.0 Å². The van der Waals surface area contributed by atoms with Gasteiger partial charge in [-0.3, -0.25) is 4.79 Å². The summed E-state index contributed by atoms with van der Waals surface area (Å²) in [5, 5.41) is 12.2. The number of rotatable bonds is 5. The maximum Gasteiger partial charge on any atom is 0.214 e. The van der Waals surface area contributed by atoms with E-state index in [1.807, 2.05) is 60.4 Å². The summed E-state index contributed by atoms with van der Waals surface area (Å²) in [5.41, 5.74) is 1.57. The fraction of sp³-hybridized carbons (Fsp3) is 0.143. The van der Waals surface area contributed by atoms with Gasteiger partial charge >= 0.3 is 0 Å². The lowest BCUT2D eigenvalue weighted by Gasteiger charge is -2.03. The quantitative estimate of drug-likeness (QED) is 0.532. The summed E-state index contributed by atoms with van der Waals surface area (Å²) in [5.74, 6) is 0.361. The Morgan fingerprint density at radius 3 is 2.76 bits per heavy atom. The molecule has 21 heavy (non-hydrogen) atoms. The number of hydrogen-bond donors (Lipinski definition) is 0. The Morgan fingerprint density at radius 1 is 1.24 bits per heavy atom. The molecule has 6 nitrogen and oxygen atoms in total. The molecule has 0 saturated heterocycles. The van der Waals surface area contributed by atoms with Crippen LogP contribution < -0.4 is 0 Å². The van der Waals surface area contributed by atoms with E-state index in [2.05, 4.69) is 15.5 Å². The first-order valence-electron chi connectivity index (χ1n) is 6.36. The summed E-state index contributed by atoms with van der Waals surface area (Å²) in [7, 11) is 1.89. The normalized spacial score (nSPS) is 10.7. The van der Waals surface area contributed by atoms with Crippen molar-refractivity contribution >= 4 is 17.5 Å². The first kappa shape index (κ1) is 13.6. The van der Waals surface area contributed by atoms with Crippen LogP contribution in [0.1, 0.15) is 10.4 Å². The number of ketones is 1. The lowest BCUT2D eigenvalue weighted by molar-refractivity contribution is 0.102. The van der Waals surface area contributed by atoms with Crippen molar-refractivity contribution in [2.24, 2.45) is 7.05 Å². The molecular weight excluding hydrogens is 286 g/mol. The topological polar surface area (TPSA) is 65.6 Å². The Morgan fingerprint density at radius 2 is 2.05 bits per heavy atom. The van der Waals surface area contributed by atoms with E-state index in [0.717, 1.165) is 5.69 Å². The van der Waals surface area contributed by atoms with Gasteiger partial charge in [0, 0.05) is 25.0 Å². The first-order chi connectivity index (χ1) is 10.2. The number of benzene rings is 1. The lowest BCUT2D eigenvalue weighted by Crippen LogP contribution is -2.04. The number of aromatic nitrogens is 5. The van der Waals surface area contributed by atoms with Crippen molar-refractivity contribution in [2.75, 3.05) is 5.75 Å². The van der Waals surface area contributed by atoms with Gasteiger partial charge in [-0.25, -0.2) is 0 Å². The van der Waals surface area contributed by atoms with E-state index in [-0.39, 0.29) is 5.78 Å². The van der Waals surface area contributed by atoms with Crippen LogP contribution in [0.3, 0.4) is 0 Å². The van der Waals surface area contributed by atoms with E-state index < -0.39 is 0 Å². The predicted molar refractivity (Wildman–Crippen MR) is 79.6 cm³/mol. The summed E-state index contributed by atoms with van der Waals surface area (Å²) >= 11 is 1.33. The third-order valence-corrected chi connectivity index (χ3v) is 3.85. The molecule has 0 bridgehead atoms.